The Morgan fingerprint density at radius 2 is 2.30 bits per heavy atom. The van der Waals surface area contributed by atoms with Crippen LogP contribution in [-0.2, 0) is 11.4 Å². The van der Waals surface area contributed by atoms with Crippen LogP contribution in [0, 0.1) is 6.92 Å². The van der Waals surface area contributed by atoms with Crippen molar-refractivity contribution in [3.8, 4) is 5.75 Å². The van der Waals surface area contributed by atoms with Gasteiger partial charge in [0.25, 0.3) is 5.89 Å². The summed E-state index contributed by atoms with van der Waals surface area (Å²) in [6.07, 6.45) is 2.41. The Labute approximate surface area is 119 Å². The smallest absolute Gasteiger partial charge is 0.328 e. The summed E-state index contributed by atoms with van der Waals surface area (Å²) in [5, 5.41) is 16.6. The fourth-order valence-electron chi connectivity index (χ4n) is 1.48. The standard InChI is InChI=1S/C13H11ClN2O4/c1-8-15-16-12(20-8)7-19-11-4-3-10(14)6-9(11)2-5-13(17)18/h2-6H,7H2,1H3,(H,17,18)/b5-2+. The van der Waals surface area contributed by atoms with E-state index in [9.17, 15) is 4.79 Å². The highest BCUT2D eigenvalue weighted by Crippen LogP contribution is 2.25. The number of rotatable bonds is 5. The van der Waals surface area contributed by atoms with Gasteiger partial charge in [-0.3, -0.25) is 0 Å². The molecule has 1 aromatic carbocycles. The maximum atomic E-state index is 10.6. The molecule has 0 bridgehead atoms. The number of hydrogen-bond acceptors (Lipinski definition) is 5. The van der Waals surface area contributed by atoms with Crippen LogP contribution in [0.5, 0.6) is 5.75 Å². The molecule has 2 aromatic rings. The molecule has 0 aliphatic heterocycles. The summed E-state index contributed by atoms with van der Waals surface area (Å²) in [7, 11) is 0. The molecule has 0 saturated carbocycles. The Morgan fingerprint density at radius 3 is 2.95 bits per heavy atom. The summed E-state index contributed by atoms with van der Waals surface area (Å²) in [4.78, 5) is 10.6. The molecular formula is C13H11ClN2O4. The van der Waals surface area contributed by atoms with E-state index in [4.69, 9.17) is 25.9 Å². The van der Waals surface area contributed by atoms with E-state index in [0.717, 1.165) is 6.08 Å². The molecule has 0 aliphatic rings. The molecule has 104 valence electrons. The maximum Gasteiger partial charge on any atom is 0.328 e. The minimum absolute atomic E-state index is 0.0936. The maximum absolute atomic E-state index is 10.6. The van der Waals surface area contributed by atoms with E-state index in [2.05, 4.69) is 10.2 Å². The Bertz CT molecular complexity index is 652. The average Bonchev–Trinajstić information content (AvgIpc) is 2.81. The molecule has 20 heavy (non-hydrogen) atoms. The van der Waals surface area contributed by atoms with Gasteiger partial charge in [0.1, 0.15) is 5.75 Å². The summed E-state index contributed by atoms with van der Waals surface area (Å²) >= 11 is 5.87. The fraction of sp³-hybridized carbons (Fsp3) is 0.154. The lowest BCUT2D eigenvalue weighted by Gasteiger charge is -2.07. The number of ether oxygens (including phenoxy) is 1. The van der Waals surface area contributed by atoms with Crippen molar-refractivity contribution in [3.05, 3.63) is 46.6 Å². The van der Waals surface area contributed by atoms with Crippen molar-refractivity contribution in [1.29, 1.82) is 0 Å². The van der Waals surface area contributed by atoms with Gasteiger partial charge in [0, 0.05) is 23.6 Å². The topological polar surface area (TPSA) is 85.5 Å². The van der Waals surface area contributed by atoms with Crippen molar-refractivity contribution >= 4 is 23.6 Å². The third kappa shape index (κ3) is 3.83. The van der Waals surface area contributed by atoms with Crippen LogP contribution in [0.2, 0.25) is 5.02 Å². The molecule has 0 unspecified atom stereocenters. The van der Waals surface area contributed by atoms with Gasteiger partial charge in [-0.2, -0.15) is 0 Å². The zero-order valence-corrected chi connectivity index (χ0v) is 11.3. The molecule has 1 heterocycles. The second kappa shape index (κ2) is 6.21. The first-order valence-electron chi connectivity index (χ1n) is 5.67. The third-order valence-corrected chi connectivity index (χ3v) is 2.53. The second-order valence-electron chi connectivity index (χ2n) is 3.86. The third-order valence-electron chi connectivity index (χ3n) is 2.30. The number of carboxylic acid groups (broad SMARTS) is 1. The van der Waals surface area contributed by atoms with Crippen LogP contribution in [-0.4, -0.2) is 21.3 Å². The number of halogens is 1. The van der Waals surface area contributed by atoms with Gasteiger partial charge in [0.15, 0.2) is 6.61 Å². The van der Waals surface area contributed by atoms with Crippen LogP contribution >= 0.6 is 11.6 Å². The molecule has 1 N–H and O–H groups in total. The number of benzene rings is 1. The zero-order chi connectivity index (χ0) is 14.5. The summed E-state index contributed by atoms with van der Waals surface area (Å²) < 4.78 is 10.7. The molecule has 0 spiro atoms. The SMILES string of the molecule is Cc1nnc(COc2ccc(Cl)cc2/C=C/C(=O)O)o1. The van der Waals surface area contributed by atoms with Crippen LogP contribution in [0.15, 0.2) is 28.7 Å². The van der Waals surface area contributed by atoms with E-state index in [1.807, 2.05) is 0 Å². The van der Waals surface area contributed by atoms with Gasteiger partial charge < -0.3 is 14.3 Å². The second-order valence-corrected chi connectivity index (χ2v) is 4.29. The lowest BCUT2D eigenvalue weighted by molar-refractivity contribution is -0.131. The average molecular weight is 295 g/mol. The quantitative estimate of drug-likeness (QED) is 0.853. The van der Waals surface area contributed by atoms with Crippen molar-refractivity contribution in [1.82, 2.24) is 10.2 Å². The van der Waals surface area contributed by atoms with Crippen molar-refractivity contribution in [2.45, 2.75) is 13.5 Å². The van der Waals surface area contributed by atoms with Crippen molar-refractivity contribution < 1.29 is 19.1 Å². The van der Waals surface area contributed by atoms with Crippen molar-refractivity contribution in [3.63, 3.8) is 0 Å². The predicted molar refractivity (Wildman–Crippen MR) is 71.5 cm³/mol. The lowest BCUT2D eigenvalue weighted by atomic mass is 10.2. The van der Waals surface area contributed by atoms with Crippen LogP contribution in [0.25, 0.3) is 6.08 Å². The van der Waals surface area contributed by atoms with Gasteiger partial charge in [-0.1, -0.05) is 11.6 Å². The van der Waals surface area contributed by atoms with E-state index in [0.29, 0.717) is 28.1 Å². The number of carboxylic acids is 1. The Balaban J connectivity index is 2.15. The van der Waals surface area contributed by atoms with Gasteiger partial charge >= 0.3 is 5.97 Å². The highest BCUT2D eigenvalue weighted by Gasteiger charge is 2.07. The number of hydrogen-bond donors (Lipinski definition) is 1. The predicted octanol–water partition coefficient (Wildman–Crippen LogP) is 2.71. The first kappa shape index (κ1) is 14.1. The number of nitrogens with zero attached hydrogens (tertiary/aromatic N) is 2. The summed E-state index contributed by atoms with van der Waals surface area (Å²) in [6, 6.07) is 4.90. The Kier molecular flexibility index (Phi) is 4.37. The largest absolute Gasteiger partial charge is 0.483 e. The summed E-state index contributed by atoms with van der Waals surface area (Å²) in [5.41, 5.74) is 0.552. The molecule has 0 fully saturated rings. The van der Waals surface area contributed by atoms with Crippen LogP contribution in [0.1, 0.15) is 17.3 Å². The molecule has 2 rings (SSSR count). The normalized spacial score (nSPS) is 10.9. The molecule has 6 nitrogen and oxygen atoms in total. The van der Waals surface area contributed by atoms with Crippen LogP contribution in [0.4, 0.5) is 0 Å². The lowest BCUT2D eigenvalue weighted by Crippen LogP contribution is -1.97. The molecule has 0 radical (unpaired) electrons. The Hall–Kier alpha value is -2.34. The minimum atomic E-state index is -1.05. The monoisotopic (exact) mass is 294 g/mol. The van der Waals surface area contributed by atoms with Gasteiger partial charge in [-0.15, -0.1) is 10.2 Å². The van der Waals surface area contributed by atoms with E-state index < -0.39 is 5.97 Å². The molecule has 0 aliphatic carbocycles. The molecular weight excluding hydrogens is 284 g/mol. The van der Waals surface area contributed by atoms with Crippen LogP contribution < -0.4 is 4.74 Å². The molecule has 1 aromatic heterocycles. The molecule has 0 atom stereocenters. The molecule has 7 heteroatoms. The summed E-state index contributed by atoms with van der Waals surface area (Å²) in [5.74, 6) is 0.211. The van der Waals surface area contributed by atoms with E-state index >= 15 is 0 Å². The number of aliphatic carboxylic acids is 1. The number of carbonyl (C=O) groups is 1. The van der Waals surface area contributed by atoms with Crippen molar-refractivity contribution in [2.24, 2.45) is 0 Å². The highest BCUT2D eigenvalue weighted by molar-refractivity contribution is 6.30. The van der Waals surface area contributed by atoms with Gasteiger partial charge in [-0.05, 0) is 24.3 Å². The Morgan fingerprint density at radius 1 is 1.50 bits per heavy atom. The van der Waals surface area contributed by atoms with E-state index in [1.165, 1.54) is 6.08 Å². The van der Waals surface area contributed by atoms with Crippen LogP contribution in [0.3, 0.4) is 0 Å². The molecule has 0 saturated heterocycles. The van der Waals surface area contributed by atoms with E-state index in [-0.39, 0.29) is 6.61 Å². The van der Waals surface area contributed by atoms with Gasteiger partial charge in [0.2, 0.25) is 5.89 Å². The molecule has 0 amide bonds. The van der Waals surface area contributed by atoms with Gasteiger partial charge in [-0.25, -0.2) is 4.79 Å². The fourth-order valence-corrected chi connectivity index (χ4v) is 1.66. The van der Waals surface area contributed by atoms with E-state index in [1.54, 1.807) is 25.1 Å². The van der Waals surface area contributed by atoms with Crippen molar-refractivity contribution in [2.75, 3.05) is 0 Å². The number of aromatic nitrogens is 2. The first-order chi connectivity index (χ1) is 9.54. The summed E-state index contributed by atoms with van der Waals surface area (Å²) in [6.45, 7) is 1.77. The van der Waals surface area contributed by atoms with Gasteiger partial charge in [0.05, 0.1) is 0 Å². The minimum Gasteiger partial charge on any atom is -0.483 e. The highest BCUT2D eigenvalue weighted by atomic mass is 35.5. The first-order valence-corrected chi connectivity index (χ1v) is 6.05. The number of aryl methyl sites for hydroxylation is 1. The zero-order valence-electron chi connectivity index (χ0n) is 10.5.